The van der Waals surface area contributed by atoms with Crippen LogP contribution in [0.1, 0.15) is 0 Å². The lowest BCUT2D eigenvalue weighted by molar-refractivity contribution is -0.0328. The summed E-state index contributed by atoms with van der Waals surface area (Å²) in [6.45, 7) is -0.125. The molecule has 0 unspecified atom stereocenters. The largest absolute Gasteiger partial charge is 0.441 e. The fourth-order valence-corrected chi connectivity index (χ4v) is 3.21. The average Bonchev–Trinajstić information content (AvgIpc) is 2.68. The summed E-state index contributed by atoms with van der Waals surface area (Å²) in [7, 11) is -4.17. The molecule has 0 radical (unpaired) electrons. The summed E-state index contributed by atoms with van der Waals surface area (Å²) < 4.78 is 74.3. The molecule has 0 amide bonds. The quantitative estimate of drug-likeness (QED) is 0.869. The molecule has 0 fully saturated rings. The number of nitrogens with two attached hydrogens (primary N) is 1. The second-order valence-corrected chi connectivity index (χ2v) is 6.85. The number of aromatic nitrogens is 1. The zero-order chi connectivity index (χ0) is 15.8. The van der Waals surface area contributed by atoms with Gasteiger partial charge < -0.3 is 4.57 Å². The monoisotopic (exact) mass is 342 g/mol. The third kappa shape index (κ3) is 3.69. The molecule has 116 valence electrons. The Kier molecular flexibility index (Phi) is 4.22. The van der Waals surface area contributed by atoms with Crippen molar-refractivity contribution in [3.05, 3.63) is 30.2 Å². The van der Waals surface area contributed by atoms with E-state index in [1.165, 1.54) is 16.7 Å². The lowest BCUT2D eigenvalue weighted by Crippen LogP contribution is -2.12. The van der Waals surface area contributed by atoms with Crippen LogP contribution in [0.5, 0.6) is 0 Å². The predicted molar refractivity (Wildman–Crippen MR) is 71.8 cm³/mol. The lowest BCUT2D eigenvalue weighted by atomic mass is 10.2. The first-order valence-electron chi connectivity index (χ1n) is 5.60. The highest BCUT2D eigenvalue weighted by molar-refractivity contribution is 8.00. The highest BCUT2D eigenvalue weighted by atomic mass is 32.2. The standard InChI is InChI=1S/C11H10F4N2O2S2/c12-7-2-1-3-8-10(7)9(21(16,18)19)6-17(8)4-5-20-11(13,14)15/h1-3,6H,4-5H2,(H2,16,18,19). The minimum absolute atomic E-state index is 0.125. The molecule has 1 aromatic heterocycles. The Hall–Kier alpha value is -1.26. The third-order valence-corrected chi connectivity index (χ3v) is 4.36. The molecule has 0 aliphatic heterocycles. The van der Waals surface area contributed by atoms with Crippen LogP contribution in [0.2, 0.25) is 0 Å². The molecule has 0 spiro atoms. The number of primary sulfonamides is 1. The Morgan fingerprint density at radius 3 is 2.52 bits per heavy atom. The molecule has 2 aromatic rings. The summed E-state index contributed by atoms with van der Waals surface area (Å²) in [4.78, 5) is -0.437. The van der Waals surface area contributed by atoms with Gasteiger partial charge in [-0.3, -0.25) is 0 Å². The highest BCUT2D eigenvalue weighted by Crippen LogP contribution is 2.31. The molecule has 0 saturated heterocycles. The number of rotatable bonds is 4. The Balaban J connectivity index is 2.44. The molecule has 2 rings (SSSR count). The minimum atomic E-state index is -4.38. The highest BCUT2D eigenvalue weighted by Gasteiger charge is 2.28. The number of alkyl halides is 3. The van der Waals surface area contributed by atoms with Crippen molar-refractivity contribution in [3.63, 3.8) is 0 Å². The van der Waals surface area contributed by atoms with E-state index in [9.17, 15) is 26.0 Å². The Morgan fingerprint density at radius 2 is 1.95 bits per heavy atom. The van der Waals surface area contributed by atoms with Crippen molar-refractivity contribution in [1.29, 1.82) is 0 Å². The van der Waals surface area contributed by atoms with Gasteiger partial charge in [0.15, 0.2) is 0 Å². The molecule has 0 saturated carbocycles. The average molecular weight is 342 g/mol. The maximum atomic E-state index is 13.8. The summed E-state index contributed by atoms with van der Waals surface area (Å²) in [5.41, 5.74) is -4.20. The zero-order valence-corrected chi connectivity index (χ0v) is 12.0. The van der Waals surface area contributed by atoms with Gasteiger partial charge in [0, 0.05) is 18.5 Å². The first-order valence-corrected chi connectivity index (χ1v) is 8.13. The van der Waals surface area contributed by atoms with E-state index in [0.29, 0.717) is 0 Å². The van der Waals surface area contributed by atoms with Crippen LogP contribution in [0.25, 0.3) is 10.9 Å². The van der Waals surface area contributed by atoms with E-state index in [4.69, 9.17) is 5.14 Å². The van der Waals surface area contributed by atoms with E-state index >= 15 is 0 Å². The first-order chi connectivity index (χ1) is 9.59. The number of fused-ring (bicyclic) bond motifs is 1. The van der Waals surface area contributed by atoms with E-state index in [0.717, 1.165) is 12.3 Å². The molecule has 21 heavy (non-hydrogen) atoms. The molecule has 0 aliphatic rings. The summed E-state index contributed by atoms with van der Waals surface area (Å²) >= 11 is -0.237. The fourth-order valence-electron chi connectivity index (χ4n) is 1.93. The van der Waals surface area contributed by atoms with Gasteiger partial charge in [-0.15, -0.1) is 0 Å². The smallest absolute Gasteiger partial charge is 0.345 e. The molecule has 4 nitrogen and oxygen atoms in total. The number of thioether (sulfide) groups is 1. The van der Waals surface area contributed by atoms with Crippen LogP contribution in [0, 0.1) is 5.82 Å². The number of halogens is 4. The van der Waals surface area contributed by atoms with Gasteiger partial charge in [-0.25, -0.2) is 17.9 Å². The third-order valence-electron chi connectivity index (χ3n) is 2.72. The first kappa shape index (κ1) is 16.1. The molecule has 0 atom stereocenters. The van der Waals surface area contributed by atoms with E-state index < -0.39 is 26.2 Å². The van der Waals surface area contributed by atoms with Crippen molar-refractivity contribution in [2.75, 3.05) is 5.75 Å². The van der Waals surface area contributed by atoms with Gasteiger partial charge in [0.05, 0.1) is 10.9 Å². The predicted octanol–water partition coefficient (Wildman–Crippen LogP) is 2.68. The van der Waals surface area contributed by atoms with Crippen molar-refractivity contribution in [2.24, 2.45) is 5.14 Å². The number of aryl methyl sites for hydroxylation is 1. The van der Waals surface area contributed by atoms with Gasteiger partial charge in [-0.05, 0) is 23.9 Å². The Labute approximate surface area is 122 Å². The second-order valence-electron chi connectivity index (χ2n) is 4.16. The van der Waals surface area contributed by atoms with Gasteiger partial charge in [0.25, 0.3) is 0 Å². The number of nitrogens with zero attached hydrogens (tertiary/aromatic N) is 1. The number of hydrogen-bond donors (Lipinski definition) is 1. The topological polar surface area (TPSA) is 65.1 Å². The van der Waals surface area contributed by atoms with Crippen molar-refractivity contribution >= 4 is 32.7 Å². The second kappa shape index (κ2) is 5.50. The maximum Gasteiger partial charge on any atom is 0.441 e. The van der Waals surface area contributed by atoms with Crippen molar-refractivity contribution < 1.29 is 26.0 Å². The normalized spacial score (nSPS) is 13.0. The minimum Gasteiger partial charge on any atom is -0.345 e. The fraction of sp³-hybridized carbons (Fsp3) is 0.273. The number of benzene rings is 1. The molecule has 1 heterocycles. The van der Waals surface area contributed by atoms with Gasteiger partial charge >= 0.3 is 5.51 Å². The van der Waals surface area contributed by atoms with Crippen LogP contribution in [0.15, 0.2) is 29.3 Å². The van der Waals surface area contributed by atoms with E-state index in [2.05, 4.69) is 0 Å². The van der Waals surface area contributed by atoms with Gasteiger partial charge in [0.2, 0.25) is 10.0 Å². The van der Waals surface area contributed by atoms with Crippen LogP contribution in [-0.4, -0.2) is 24.2 Å². The number of hydrogen-bond acceptors (Lipinski definition) is 3. The van der Waals surface area contributed by atoms with Gasteiger partial charge in [-0.2, -0.15) is 13.2 Å². The van der Waals surface area contributed by atoms with Gasteiger partial charge in [-0.1, -0.05) is 6.07 Å². The SMILES string of the molecule is NS(=O)(=O)c1cn(CCSC(F)(F)F)c2cccc(F)c12. The number of sulfonamides is 1. The van der Waals surface area contributed by atoms with Crippen molar-refractivity contribution in [2.45, 2.75) is 16.9 Å². The molecule has 0 bridgehead atoms. The van der Waals surface area contributed by atoms with Crippen LogP contribution >= 0.6 is 11.8 Å². The van der Waals surface area contributed by atoms with Crippen LogP contribution in [-0.2, 0) is 16.6 Å². The summed E-state index contributed by atoms with van der Waals surface area (Å²) in [6, 6.07) is 3.83. The molecule has 0 aliphatic carbocycles. The van der Waals surface area contributed by atoms with Crippen molar-refractivity contribution in [3.8, 4) is 0 Å². The molecule has 1 aromatic carbocycles. The zero-order valence-electron chi connectivity index (χ0n) is 10.4. The van der Waals surface area contributed by atoms with Gasteiger partial charge in [0.1, 0.15) is 10.7 Å². The van der Waals surface area contributed by atoms with E-state index in [1.807, 2.05) is 0 Å². The van der Waals surface area contributed by atoms with E-state index in [1.54, 1.807) is 0 Å². The van der Waals surface area contributed by atoms with Crippen LogP contribution in [0.3, 0.4) is 0 Å². The lowest BCUT2D eigenvalue weighted by Gasteiger charge is -2.07. The molecule has 10 heteroatoms. The summed E-state index contributed by atoms with van der Waals surface area (Å²) in [6.07, 6.45) is 1.06. The van der Waals surface area contributed by atoms with Crippen LogP contribution in [0.4, 0.5) is 17.6 Å². The molecular formula is C11H10F4N2O2S2. The molecule has 2 N–H and O–H groups in total. The molecular weight excluding hydrogens is 332 g/mol. The van der Waals surface area contributed by atoms with Crippen LogP contribution < -0.4 is 5.14 Å². The maximum absolute atomic E-state index is 13.8. The summed E-state index contributed by atoms with van der Waals surface area (Å²) in [5, 5.41) is 4.80. The Bertz CT molecular complexity index is 768. The van der Waals surface area contributed by atoms with Crippen molar-refractivity contribution in [1.82, 2.24) is 4.57 Å². The van der Waals surface area contributed by atoms with E-state index in [-0.39, 0.29) is 35.0 Å². The summed E-state index contributed by atoms with van der Waals surface area (Å²) in [5.74, 6) is -1.12. The Morgan fingerprint density at radius 1 is 1.29 bits per heavy atom.